The molecule has 2 aromatic rings. The second-order valence-corrected chi connectivity index (χ2v) is 9.79. The van der Waals surface area contributed by atoms with E-state index in [-0.39, 0.29) is 11.3 Å². The van der Waals surface area contributed by atoms with Gasteiger partial charge >= 0.3 is 5.97 Å². The quantitative estimate of drug-likeness (QED) is 0.118. The fourth-order valence-electron chi connectivity index (χ4n) is 3.81. The van der Waals surface area contributed by atoms with Gasteiger partial charge in [0.05, 0.1) is 12.2 Å². The van der Waals surface area contributed by atoms with Gasteiger partial charge in [-0.25, -0.2) is 18.0 Å². The van der Waals surface area contributed by atoms with Crippen molar-refractivity contribution in [1.82, 2.24) is 0 Å². The lowest BCUT2D eigenvalue weighted by molar-refractivity contribution is 0.0319. The largest absolute Gasteiger partial charge is 0.494 e. The Balaban J connectivity index is 1.78. The molecule has 206 valence electrons. The molecule has 0 aliphatic rings. The predicted octanol–water partition coefficient (Wildman–Crippen LogP) is 8.66. The Morgan fingerprint density at radius 1 is 0.811 bits per heavy atom. The van der Waals surface area contributed by atoms with Gasteiger partial charge in [0.15, 0.2) is 17.7 Å². The second kappa shape index (κ2) is 16.2. The summed E-state index contributed by atoms with van der Waals surface area (Å²) in [5, 5.41) is 0. The summed E-state index contributed by atoms with van der Waals surface area (Å²) in [7, 11) is 0. The van der Waals surface area contributed by atoms with Crippen molar-refractivity contribution in [2.24, 2.45) is 5.92 Å². The van der Waals surface area contributed by atoms with Crippen molar-refractivity contribution < 1.29 is 32.2 Å². The number of benzene rings is 2. The smallest absolute Gasteiger partial charge is 0.343 e. The molecule has 0 aliphatic heterocycles. The first-order valence-electron chi connectivity index (χ1n) is 13.4. The number of hydrogen-bond donors (Lipinski definition) is 0. The Labute approximate surface area is 219 Å². The minimum absolute atomic E-state index is 0.0325. The Hall–Kier alpha value is -2.70. The molecule has 7 heteroatoms. The van der Waals surface area contributed by atoms with Crippen LogP contribution >= 0.6 is 0 Å². The monoisotopic (exact) mass is 522 g/mol. The lowest BCUT2D eigenvalue weighted by Crippen LogP contribution is -2.36. The van der Waals surface area contributed by atoms with Gasteiger partial charge in [-0.3, -0.25) is 0 Å². The van der Waals surface area contributed by atoms with Crippen molar-refractivity contribution >= 4 is 5.97 Å². The van der Waals surface area contributed by atoms with Crippen LogP contribution in [0.2, 0.25) is 0 Å². The lowest BCUT2D eigenvalue weighted by Gasteiger charge is -2.23. The van der Waals surface area contributed by atoms with Gasteiger partial charge in [0.25, 0.3) is 0 Å². The third-order valence-corrected chi connectivity index (χ3v) is 6.17. The maximum atomic E-state index is 14.5. The molecule has 37 heavy (non-hydrogen) atoms. The zero-order valence-corrected chi connectivity index (χ0v) is 22.5. The molecule has 3 atom stereocenters. The summed E-state index contributed by atoms with van der Waals surface area (Å²) in [4.78, 5) is 12.4. The van der Waals surface area contributed by atoms with Crippen LogP contribution in [0.15, 0.2) is 42.5 Å². The number of halogens is 3. The molecule has 0 fully saturated rings. The molecule has 0 spiro atoms. The van der Waals surface area contributed by atoms with Gasteiger partial charge in [-0.2, -0.15) is 0 Å². The van der Waals surface area contributed by atoms with E-state index in [2.05, 4.69) is 6.92 Å². The normalized spacial score (nSPS) is 13.7. The minimum Gasteiger partial charge on any atom is -0.494 e. The highest BCUT2D eigenvalue weighted by Gasteiger charge is 2.31. The molecule has 4 nitrogen and oxygen atoms in total. The number of hydrogen-bond acceptors (Lipinski definition) is 4. The van der Waals surface area contributed by atoms with Gasteiger partial charge in [-0.05, 0) is 61.7 Å². The van der Waals surface area contributed by atoms with Gasteiger partial charge in [0.2, 0.25) is 0 Å². The molecule has 0 saturated heterocycles. The first-order chi connectivity index (χ1) is 17.7. The zero-order chi connectivity index (χ0) is 27.2. The van der Waals surface area contributed by atoms with Crippen LogP contribution in [0.4, 0.5) is 13.2 Å². The van der Waals surface area contributed by atoms with Crippen molar-refractivity contribution in [3.8, 4) is 17.2 Å². The molecule has 0 aliphatic carbocycles. The first-order valence-corrected chi connectivity index (χ1v) is 13.4. The average Bonchev–Trinajstić information content (AvgIpc) is 2.88. The van der Waals surface area contributed by atoms with Crippen LogP contribution in [0.5, 0.6) is 17.2 Å². The van der Waals surface area contributed by atoms with Crippen LogP contribution in [0.3, 0.4) is 0 Å². The summed E-state index contributed by atoms with van der Waals surface area (Å²) in [5.41, 5.74) is -0.0325. The fraction of sp³-hybridized carbons (Fsp3) is 0.567. The van der Waals surface area contributed by atoms with Crippen LogP contribution in [0.25, 0.3) is 0 Å². The molecular weight excluding hydrogens is 481 g/mol. The first kappa shape index (κ1) is 30.5. The van der Waals surface area contributed by atoms with Crippen molar-refractivity contribution in [3.05, 3.63) is 53.8 Å². The van der Waals surface area contributed by atoms with Crippen molar-refractivity contribution in [3.63, 3.8) is 0 Å². The van der Waals surface area contributed by atoms with E-state index < -0.39 is 36.2 Å². The lowest BCUT2D eigenvalue weighted by atomic mass is 10.0. The third kappa shape index (κ3) is 10.7. The topological polar surface area (TPSA) is 44.8 Å². The molecule has 0 N–H and O–H groups in total. The SMILES string of the molecule is CCCCCCCCCCOc1ccc(OC(=O)c2ccc(O[C@@H](C)[C@H](F)[C@@H](F)C(C)C)c(F)c2)cc1. The molecule has 0 radical (unpaired) electrons. The Kier molecular flexibility index (Phi) is 13.4. The Bertz CT molecular complexity index is 933. The molecular formula is C30H41F3O4. The van der Waals surface area contributed by atoms with E-state index in [0.717, 1.165) is 18.9 Å². The summed E-state index contributed by atoms with van der Waals surface area (Å²) in [6.45, 7) is 7.31. The van der Waals surface area contributed by atoms with Crippen molar-refractivity contribution in [1.29, 1.82) is 0 Å². The van der Waals surface area contributed by atoms with Crippen LogP contribution in [-0.4, -0.2) is 31.0 Å². The number of alkyl halides is 2. The van der Waals surface area contributed by atoms with Crippen LogP contribution in [0.1, 0.15) is 89.4 Å². The highest BCUT2D eigenvalue weighted by molar-refractivity contribution is 5.91. The second-order valence-electron chi connectivity index (χ2n) is 9.79. The molecule has 0 aromatic heterocycles. The standard InChI is InChI=1S/C30H41F3O4/c1-5-6-7-8-9-10-11-12-19-35-24-14-16-25(17-15-24)37-30(34)23-13-18-27(26(31)20-23)36-22(4)29(33)28(32)21(2)3/h13-18,20-22,28-29H,5-12,19H2,1-4H3/t22-,28-,29-/m0/s1. The molecule has 0 bridgehead atoms. The highest BCUT2D eigenvalue weighted by atomic mass is 19.2. The number of esters is 1. The minimum atomic E-state index is -1.91. The van der Waals surface area contributed by atoms with E-state index in [9.17, 15) is 18.0 Å². The van der Waals surface area contributed by atoms with E-state index >= 15 is 0 Å². The summed E-state index contributed by atoms with van der Waals surface area (Å²) in [6, 6.07) is 10.1. The number of unbranched alkanes of at least 4 members (excludes halogenated alkanes) is 7. The molecule has 0 amide bonds. The Morgan fingerprint density at radius 2 is 1.41 bits per heavy atom. The van der Waals surface area contributed by atoms with Gasteiger partial charge in [-0.1, -0.05) is 65.7 Å². The summed E-state index contributed by atoms with van der Waals surface area (Å²) in [6.07, 6.45) is 5.00. The van der Waals surface area contributed by atoms with E-state index in [0.29, 0.717) is 18.1 Å². The number of carbonyl (C=O) groups excluding carboxylic acids is 1. The average molecular weight is 523 g/mol. The predicted molar refractivity (Wildman–Crippen MR) is 141 cm³/mol. The van der Waals surface area contributed by atoms with Gasteiger partial charge in [0, 0.05) is 0 Å². The summed E-state index contributed by atoms with van der Waals surface area (Å²) >= 11 is 0. The van der Waals surface area contributed by atoms with Gasteiger partial charge < -0.3 is 14.2 Å². The zero-order valence-electron chi connectivity index (χ0n) is 22.5. The van der Waals surface area contributed by atoms with Crippen molar-refractivity contribution in [2.45, 2.75) is 97.5 Å². The van der Waals surface area contributed by atoms with Crippen LogP contribution < -0.4 is 14.2 Å². The molecule has 0 unspecified atom stereocenters. The Morgan fingerprint density at radius 3 is 2.00 bits per heavy atom. The number of carbonyl (C=O) groups is 1. The molecule has 0 saturated carbocycles. The number of rotatable bonds is 17. The molecule has 0 heterocycles. The fourth-order valence-corrected chi connectivity index (χ4v) is 3.81. The van der Waals surface area contributed by atoms with Gasteiger partial charge in [0.1, 0.15) is 23.8 Å². The third-order valence-electron chi connectivity index (χ3n) is 6.17. The van der Waals surface area contributed by atoms with E-state index in [1.54, 1.807) is 38.1 Å². The highest BCUT2D eigenvalue weighted by Crippen LogP contribution is 2.25. The van der Waals surface area contributed by atoms with E-state index in [1.807, 2.05) is 0 Å². The summed E-state index contributed by atoms with van der Waals surface area (Å²) < 4.78 is 58.9. The van der Waals surface area contributed by atoms with E-state index in [4.69, 9.17) is 14.2 Å². The molecule has 2 rings (SSSR count). The van der Waals surface area contributed by atoms with Crippen molar-refractivity contribution in [2.75, 3.05) is 6.61 Å². The maximum Gasteiger partial charge on any atom is 0.343 e. The number of ether oxygens (including phenoxy) is 3. The van der Waals surface area contributed by atoms with Crippen LogP contribution in [-0.2, 0) is 0 Å². The van der Waals surface area contributed by atoms with Gasteiger partial charge in [-0.15, -0.1) is 0 Å². The molecule has 2 aromatic carbocycles. The van der Waals surface area contributed by atoms with Crippen LogP contribution in [0, 0.1) is 11.7 Å². The van der Waals surface area contributed by atoms with E-state index in [1.165, 1.54) is 57.6 Å². The maximum absolute atomic E-state index is 14.5. The summed E-state index contributed by atoms with van der Waals surface area (Å²) in [5.74, 6) is -1.43.